The van der Waals surface area contributed by atoms with Gasteiger partial charge in [-0.05, 0) is 20.4 Å². The first-order chi connectivity index (χ1) is 6.43. The van der Waals surface area contributed by atoms with Gasteiger partial charge in [0.15, 0.2) is 0 Å². The minimum atomic E-state index is -2.75. The third kappa shape index (κ3) is 5.50. The summed E-state index contributed by atoms with van der Waals surface area (Å²) in [5.41, 5.74) is 4.98. The van der Waals surface area contributed by atoms with Crippen molar-refractivity contribution in [3.8, 4) is 0 Å². The Morgan fingerprint density at radius 3 is 2.43 bits per heavy atom. The molecule has 0 aliphatic heterocycles. The van der Waals surface area contributed by atoms with Crippen LogP contribution in [0, 0.1) is 0 Å². The molecular formula is C10H22F2N2. The van der Waals surface area contributed by atoms with E-state index in [1.807, 2.05) is 6.92 Å². The number of rotatable bonds is 7. The van der Waals surface area contributed by atoms with Gasteiger partial charge in [-0.3, -0.25) is 4.90 Å². The average Bonchev–Trinajstić information content (AvgIpc) is 2.13. The van der Waals surface area contributed by atoms with Crippen LogP contribution in [0.4, 0.5) is 8.78 Å². The van der Waals surface area contributed by atoms with Crippen LogP contribution in [-0.4, -0.2) is 37.0 Å². The van der Waals surface area contributed by atoms with Crippen molar-refractivity contribution in [1.82, 2.24) is 4.90 Å². The molecule has 1 unspecified atom stereocenters. The van der Waals surface area contributed by atoms with Crippen molar-refractivity contribution >= 4 is 0 Å². The Morgan fingerprint density at radius 2 is 2.00 bits per heavy atom. The van der Waals surface area contributed by atoms with Crippen molar-refractivity contribution in [2.75, 3.05) is 20.1 Å². The second-order valence-electron chi connectivity index (χ2n) is 3.97. The number of unbranched alkanes of at least 4 members (excludes halogenated alkanes) is 1. The minimum Gasteiger partial charge on any atom is -0.325 e. The smallest absolute Gasteiger partial charge is 0.272 e. The van der Waals surface area contributed by atoms with Crippen molar-refractivity contribution in [2.24, 2.45) is 5.73 Å². The first-order valence-electron chi connectivity index (χ1n) is 5.21. The predicted molar refractivity (Wildman–Crippen MR) is 55.6 cm³/mol. The Labute approximate surface area is 85.5 Å². The Balaban J connectivity index is 3.87. The van der Waals surface area contributed by atoms with Crippen LogP contribution >= 0.6 is 0 Å². The predicted octanol–water partition coefficient (Wildman–Crippen LogP) is 2.09. The molecule has 0 heterocycles. The summed E-state index contributed by atoms with van der Waals surface area (Å²) >= 11 is 0. The Bertz CT molecular complexity index is 151. The van der Waals surface area contributed by atoms with Crippen LogP contribution in [0.15, 0.2) is 0 Å². The maximum atomic E-state index is 12.9. The zero-order chi connectivity index (χ0) is 11.2. The average molecular weight is 208 g/mol. The number of halogens is 2. The monoisotopic (exact) mass is 208 g/mol. The zero-order valence-electron chi connectivity index (χ0n) is 9.39. The van der Waals surface area contributed by atoms with Crippen LogP contribution in [0.25, 0.3) is 0 Å². The number of hydrogen-bond acceptors (Lipinski definition) is 2. The quantitative estimate of drug-likeness (QED) is 0.694. The van der Waals surface area contributed by atoms with Gasteiger partial charge in [-0.15, -0.1) is 0 Å². The molecule has 0 aromatic rings. The molecule has 0 radical (unpaired) electrons. The molecule has 0 saturated heterocycles. The molecule has 0 aliphatic rings. The fourth-order valence-corrected chi connectivity index (χ4v) is 1.31. The molecule has 0 saturated carbocycles. The van der Waals surface area contributed by atoms with Crippen molar-refractivity contribution < 1.29 is 8.78 Å². The Hall–Kier alpha value is -0.220. The van der Waals surface area contributed by atoms with E-state index in [-0.39, 0.29) is 12.6 Å². The highest BCUT2D eigenvalue weighted by Crippen LogP contribution is 2.15. The van der Waals surface area contributed by atoms with Crippen LogP contribution in [0.5, 0.6) is 0 Å². The lowest BCUT2D eigenvalue weighted by atomic mass is 10.1. The van der Waals surface area contributed by atoms with E-state index in [0.29, 0.717) is 0 Å². The summed E-state index contributed by atoms with van der Waals surface area (Å²) in [5, 5.41) is 0. The van der Waals surface area contributed by atoms with Gasteiger partial charge in [0.1, 0.15) is 0 Å². The van der Waals surface area contributed by atoms with E-state index >= 15 is 0 Å². The van der Waals surface area contributed by atoms with Gasteiger partial charge in [0, 0.05) is 6.04 Å². The second kappa shape index (κ2) is 6.30. The molecule has 0 bridgehead atoms. The van der Waals surface area contributed by atoms with E-state index in [1.54, 1.807) is 11.9 Å². The molecule has 2 nitrogen and oxygen atoms in total. The summed E-state index contributed by atoms with van der Waals surface area (Å²) in [6.45, 7) is 3.26. The fourth-order valence-electron chi connectivity index (χ4n) is 1.31. The Morgan fingerprint density at radius 1 is 1.43 bits per heavy atom. The standard InChI is InChI=1S/C10H22F2N2/c1-4-5-6-9(2)14(3)8-10(11,12)7-13/h9H,4-8,13H2,1-3H3. The first kappa shape index (κ1) is 13.8. The lowest BCUT2D eigenvalue weighted by Crippen LogP contribution is -2.43. The summed E-state index contributed by atoms with van der Waals surface area (Å²) in [6, 6.07) is 0.201. The van der Waals surface area contributed by atoms with Gasteiger partial charge in [-0.25, -0.2) is 8.78 Å². The maximum absolute atomic E-state index is 12.9. The molecule has 2 N–H and O–H groups in total. The summed E-state index contributed by atoms with van der Waals surface area (Å²) in [6.07, 6.45) is 3.15. The second-order valence-corrected chi connectivity index (χ2v) is 3.97. The maximum Gasteiger partial charge on any atom is 0.272 e. The van der Waals surface area contributed by atoms with Gasteiger partial charge in [0.2, 0.25) is 0 Å². The highest BCUT2D eigenvalue weighted by atomic mass is 19.3. The highest BCUT2D eigenvalue weighted by molar-refractivity contribution is 4.74. The third-order valence-corrected chi connectivity index (χ3v) is 2.51. The van der Waals surface area contributed by atoms with Crippen molar-refractivity contribution in [3.05, 3.63) is 0 Å². The van der Waals surface area contributed by atoms with Crippen LogP contribution < -0.4 is 5.73 Å². The largest absolute Gasteiger partial charge is 0.325 e. The van der Waals surface area contributed by atoms with E-state index in [9.17, 15) is 8.78 Å². The molecule has 86 valence electrons. The fraction of sp³-hybridized carbons (Fsp3) is 1.00. The number of nitrogens with two attached hydrogens (primary N) is 1. The molecule has 0 fully saturated rings. The molecule has 4 heteroatoms. The van der Waals surface area contributed by atoms with E-state index < -0.39 is 12.5 Å². The molecule has 0 rings (SSSR count). The van der Waals surface area contributed by atoms with E-state index in [2.05, 4.69) is 6.92 Å². The summed E-state index contributed by atoms with van der Waals surface area (Å²) in [7, 11) is 1.73. The highest BCUT2D eigenvalue weighted by Gasteiger charge is 2.29. The van der Waals surface area contributed by atoms with Gasteiger partial charge >= 0.3 is 0 Å². The minimum absolute atomic E-state index is 0.201. The number of alkyl halides is 2. The Kier molecular flexibility index (Phi) is 6.20. The molecule has 1 atom stereocenters. The van der Waals surface area contributed by atoms with Crippen LogP contribution in [-0.2, 0) is 0 Å². The summed E-state index contributed by atoms with van der Waals surface area (Å²) in [5.74, 6) is -2.75. The van der Waals surface area contributed by atoms with Gasteiger partial charge in [0.05, 0.1) is 13.1 Å². The third-order valence-electron chi connectivity index (χ3n) is 2.51. The van der Waals surface area contributed by atoms with Crippen molar-refractivity contribution in [2.45, 2.75) is 45.1 Å². The molecular weight excluding hydrogens is 186 g/mol. The summed E-state index contributed by atoms with van der Waals surface area (Å²) < 4.78 is 25.8. The van der Waals surface area contributed by atoms with Crippen molar-refractivity contribution in [3.63, 3.8) is 0 Å². The van der Waals surface area contributed by atoms with E-state index in [1.165, 1.54) is 0 Å². The van der Waals surface area contributed by atoms with Gasteiger partial charge in [0.25, 0.3) is 5.92 Å². The normalized spacial score (nSPS) is 14.8. The van der Waals surface area contributed by atoms with Gasteiger partial charge < -0.3 is 5.73 Å². The van der Waals surface area contributed by atoms with Gasteiger partial charge in [-0.1, -0.05) is 19.8 Å². The lowest BCUT2D eigenvalue weighted by Gasteiger charge is -2.28. The lowest BCUT2D eigenvalue weighted by molar-refractivity contribution is -0.0260. The van der Waals surface area contributed by atoms with Crippen LogP contribution in [0.3, 0.4) is 0 Å². The van der Waals surface area contributed by atoms with E-state index in [0.717, 1.165) is 19.3 Å². The number of hydrogen-bond donors (Lipinski definition) is 1. The summed E-state index contributed by atoms with van der Waals surface area (Å²) in [4.78, 5) is 1.68. The number of nitrogens with zero attached hydrogens (tertiary/aromatic N) is 1. The molecule has 0 aliphatic carbocycles. The molecule has 0 aromatic carbocycles. The zero-order valence-corrected chi connectivity index (χ0v) is 9.39. The van der Waals surface area contributed by atoms with Crippen molar-refractivity contribution in [1.29, 1.82) is 0 Å². The van der Waals surface area contributed by atoms with Gasteiger partial charge in [-0.2, -0.15) is 0 Å². The topological polar surface area (TPSA) is 29.3 Å². The molecule has 0 aromatic heterocycles. The molecule has 14 heavy (non-hydrogen) atoms. The SMILES string of the molecule is CCCCC(C)N(C)CC(F)(F)CN. The van der Waals surface area contributed by atoms with Crippen LogP contribution in [0.1, 0.15) is 33.1 Å². The van der Waals surface area contributed by atoms with E-state index in [4.69, 9.17) is 5.73 Å². The van der Waals surface area contributed by atoms with Crippen LogP contribution in [0.2, 0.25) is 0 Å². The first-order valence-corrected chi connectivity index (χ1v) is 5.21. The molecule has 0 spiro atoms. The molecule has 0 amide bonds.